The van der Waals surface area contributed by atoms with Crippen molar-refractivity contribution in [2.45, 2.75) is 58.9 Å². The molecule has 0 spiro atoms. The van der Waals surface area contributed by atoms with Crippen molar-refractivity contribution in [2.75, 3.05) is 0 Å². The molecule has 1 unspecified atom stereocenters. The molecule has 1 N–H and O–H groups in total. The summed E-state index contributed by atoms with van der Waals surface area (Å²) >= 11 is 0. The number of amidine groups is 1. The Morgan fingerprint density at radius 2 is 2.11 bits per heavy atom. The third-order valence-corrected chi connectivity index (χ3v) is 5.37. The summed E-state index contributed by atoms with van der Waals surface area (Å²) in [6, 6.07) is 1.68. The molecule has 7 nitrogen and oxygen atoms in total. The summed E-state index contributed by atoms with van der Waals surface area (Å²) in [6.45, 7) is 7.53. The summed E-state index contributed by atoms with van der Waals surface area (Å²) in [6.07, 6.45) is 5.80. The van der Waals surface area contributed by atoms with Gasteiger partial charge >= 0.3 is 5.97 Å². The summed E-state index contributed by atoms with van der Waals surface area (Å²) in [5.74, 6) is -0.786. The molecule has 0 bridgehead atoms. The number of aryl methyl sites for hydroxylation is 1. The lowest BCUT2D eigenvalue weighted by Crippen LogP contribution is -2.41. The van der Waals surface area contributed by atoms with Crippen LogP contribution >= 0.6 is 0 Å². The topological polar surface area (TPSA) is 97.7 Å². The molecule has 1 aliphatic carbocycles. The van der Waals surface area contributed by atoms with Crippen LogP contribution in [0.15, 0.2) is 29.1 Å². The third-order valence-electron chi connectivity index (χ3n) is 5.37. The van der Waals surface area contributed by atoms with Crippen LogP contribution in [0.3, 0.4) is 0 Å². The number of allylic oxidation sites excluding steroid dienone is 2. The zero-order valence-electron chi connectivity index (χ0n) is 16.7. The molecule has 0 radical (unpaired) electrons. The van der Waals surface area contributed by atoms with E-state index in [2.05, 4.69) is 15.3 Å². The van der Waals surface area contributed by atoms with E-state index in [4.69, 9.17) is 4.74 Å². The largest absolute Gasteiger partial charge is 0.419 e. The molecule has 2 heterocycles. The smallest absolute Gasteiger partial charge is 0.346 e. The van der Waals surface area contributed by atoms with Crippen LogP contribution in [0, 0.1) is 5.92 Å². The van der Waals surface area contributed by atoms with E-state index < -0.39 is 11.5 Å². The fourth-order valence-electron chi connectivity index (χ4n) is 3.08. The molecule has 0 saturated heterocycles. The Bertz CT molecular complexity index is 901. The van der Waals surface area contributed by atoms with Gasteiger partial charge in [-0.2, -0.15) is 0 Å². The third kappa shape index (κ3) is 3.61. The van der Waals surface area contributed by atoms with Crippen LogP contribution in [0.1, 0.15) is 68.6 Å². The minimum atomic E-state index is -0.927. The van der Waals surface area contributed by atoms with Crippen LogP contribution in [-0.4, -0.2) is 34.0 Å². The van der Waals surface area contributed by atoms with Crippen molar-refractivity contribution in [1.82, 2.24) is 10.3 Å². The van der Waals surface area contributed by atoms with Gasteiger partial charge in [-0.05, 0) is 49.8 Å². The van der Waals surface area contributed by atoms with Crippen LogP contribution < -0.4 is 5.32 Å². The van der Waals surface area contributed by atoms with Crippen LogP contribution in [0.5, 0.6) is 0 Å². The highest BCUT2D eigenvalue weighted by Gasteiger charge is 2.43. The van der Waals surface area contributed by atoms with E-state index in [1.807, 2.05) is 20.8 Å². The molecule has 28 heavy (non-hydrogen) atoms. The predicted molar refractivity (Wildman–Crippen MR) is 104 cm³/mol. The van der Waals surface area contributed by atoms with Gasteiger partial charge in [0, 0.05) is 12.6 Å². The Morgan fingerprint density at radius 3 is 2.71 bits per heavy atom. The zero-order valence-corrected chi connectivity index (χ0v) is 16.7. The first kappa shape index (κ1) is 19.9. The fourth-order valence-corrected chi connectivity index (χ4v) is 3.08. The second kappa shape index (κ2) is 7.66. The van der Waals surface area contributed by atoms with Crippen molar-refractivity contribution in [3.05, 3.63) is 40.9 Å². The molecule has 0 saturated carbocycles. The van der Waals surface area contributed by atoms with Gasteiger partial charge in [0.05, 0.1) is 5.56 Å². The van der Waals surface area contributed by atoms with Crippen molar-refractivity contribution in [3.63, 3.8) is 0 Å². The van der Waals surface area contributed by atoms with Gasteiger partial charge in [-0.1, -0.05) is 20.8 Å². The van der Waals surface area contributed by atoms with E-state index in [0.29, 0.717) is 19.3 Å². The number of ketones is 1. The van der Waals surface area contributed by atoms with E-state index in [1.165, 1.54) is 0 Å². The number of carbonyl (C=O) groups excluding carboxylic acids is 3. The van der Waals surface area contributed by atoms with Crippen molar-refractivity contribution < 1.29 is 19.1 Å². The number of pyridine rings is 1. The molecule has 148 valence electrons. The maximum atomic E-state index is 12.9. The molecule has 0 fully saturated rings. The average molecular weight is 383 g/mol. The molecular weight excluding hydrogens is 358 g/mol. The van der Waals surface area contributed by atoms with Gasteiger partial charge in [-0.25, -0.2) is 9.79 Å². The summed E-state index contributed by atoms with van der Waals surface area (Å²) in [5.41, 5.74) is 0.356. The first-order valence-electron chi connectivity index (χ1n) is 9.62. The second-order valence-electron chi connectivity index (χ2n) is 7.58. The molecule has 1 aromatic heterocycles. The fraction of sp³-hybridized carbons (Fsp3) is 0.476. The van der Waals surface area contributed by atoms with Gasteiger partial charge in [-0.15, -0.1) is 0 Å². The van der Waals surface area contributed by atoms with Gasteiger partial charge in [0.1, 0.15) is 11.2 Å². The minimum Gasteiger partial charge on any atom is -0.419 e. The van der Waals surface area contributed by atoms with Crippen molar-refractivity contribution in [3.8, 4) is 0 Å². The predicted octanol–water partition coefficient (Wildman–Crippen LogP) is 2.73. The Hall–Kier alpha value is -2.83. The number of esters is 1. The van der Waals surface area contributed by atoms with Crippen LogP contribution in [0.25, 0.3) is 0 Å². The van der Waals surface area contributed by atoms with Crippen molar-refractivity contribution in [2.24, 2.45) is 10.9 Å². The Morgan fingerprint density at radius 1 is 1.36 bits per heavy atom. The number of hydrogen-bond donors (Lipinski definition) is 1. The van der Waals surface area contributed by atoms with E-state index in [0.717, 1.165) is 12.0 Å². The highest BCUT2D eigenvalue weighted by molar-refractivity contribution is 6.17. The Balaban J connectivity index is 1.99. The lowest BCUT2D eigenvalue weighted by atomic mass is 9.89. The van der Waals surface area contributed by atoms with Crippen molar-refractivity contribution >= 4 is 23.5 Å². The number of carbonyl (C=O) groups is 3. The van der Waals surface area contributed by atoms with E-state index >= 15 is 0 Å². The average Bonchev–Trinajstić information content (AvgIpc) is 2.99. The summed E-state index contributed by atoms with van der Waals surface area (Å²) in [4.78, 5) is 46.2. The lowest BCUT2D eigenvalue weighted by Gasteiger charge is -2.21. The second-order valence-corrected chi connectivity index (χ2v) is 7.58. The number of hydrogen-bond acceptors (Lipinski definition) is 6. The number of aromatic nitrogens is 1. The van der Waals surface area contributed by atoms with Crippen LogP contribution in [0.2, 0.25) is 0 Å². The summed E-state index contributed by atoms with van der Waals surface area (Å²) < 4.78 is 5.38. The van der Waals surface area contributed by atoms with Gasteiger partial charge in [0.25, 0.3) is 5.91 Å². The maximum Gasteiger partial charge on any atom is 0.346 e. The quantitative estimate of drug-likeness (QED) is 0.789. The normalized spacial score (nSPS) is 22.0. The number of Topliss-reactive ketones (excluding diaryl/α,β-unsaturated/α-hetero) is 1. The number of amides is 1. The number of rotatable bonds is 5. The zero-order chi connectivity index (χ0) is 20.5. The molecule has 1 aromatic rings. The number of nitrogens with one attached hydrogen (secondary N) is 1. The standard InChI is InChI=1S/C21H25N3O4/c1-5-13-10-14(19(26)28-16-9-7-6-8-15(16)25)17(22-11-13)18-23-20(27)21(4,24-18)12(2)3/h9-12H,5-8H2,1-4H3,(H,23,24,27). The molecule has 0 aromatic carbocycles. The maximum absolute atomic E-state index is 12.9. The lowest BCUT2D eigenvalue weighted by molar-refractivity contribution is -0.124. The van der Waals surface area contributed by atoms with Crippen LogP contribution in [0.4, 0.5) is 0 Å². The molecule has 3 rings (SSSR count). The van der Waals surface area contributed by atoms with Gasteiger partial charge in [0.15, 0.2) is 17.4 Å². The van der Waals surface area contributed by atoms with Gasteiger partial charge in [-0.3, -0.25) is 14.6 Å². The number of aliphatic imine (C=N–C) groups is 1. The highest BCUT2D eigenvalue weighted by Crippen LogP contribution is 2.28. The first-order chi connectivity index (χ1) is 13.3. The van der Waals surface area contributed by atoms with E-state index in [1.54, 1.807) is 25.3 Å². The number of nitrogens with zero attached hydrogens (tertiary/aromatic N) is 2. The first-order valence-corrected chi connectivity index (χ1v) is 9.62. The van der Waals surface area contributed by atoms with Gasteiger partial charge in [0.2, 0.25) is 0 Å². The Labute approximate surface area is 164 Å². The van der Waals surface area contributed by atoms with Crippen molar-refractivity contribution in [1.29, 1.82) is 0 Å². The molecular formula is C21H25N3O4. The number of ether oxygens (including phenoxy) is 1. The molecule has 1 amide bonds. The summed E-state index contributed by atoms with van der Waals surface area (Å²) in [7, 11) is 0. The molecule has 2 aliphatic rings. The van der Waals surface area contributed by atoms with E-state index in [-0.39, 0.29) is 40.5 Å². The SMILES string of the molecule is CCc1cnc(C2=NC(C)(C(C)C)C(=O)N2)c(C(=O)OC2=CCCCC2=O)c1. The molecule has 1 aliphatic heterocycles. The monoisotopic (exact) mass is 383 g/mol. The van der Waals surface area contributed by atoms with Gasteiger partial charge < -0.3 is 10.1 Å². The molecule has 1 atom stereocenters. The van der Waals surface area contributed by atoms with Crippen LogP contribution in [-0.2, 0) is 20.7 Å². The summed E-state index contributed by atoms with van der Waals surface area (Å²) in [5, 5.41) is 2.75. The molecule has 7 heteroatoms. The minimum absolute atomic E-state index is 0.0275. The van der Waals surface area contributed by atoms with E-state index in [9.17, 15) is 14.4 Å². The Kier molecular flexibility index (Phi) is 5.45. The highest BCUT2D eigenvalue weighted by atomic mass is 16.5.